The number of nitrogens with two attached hydrogens (primary N) is 2. The molecule has 1 aromatic carbocycles. The highest BCUT2D eigenvalue weighted by Crippen LogP contribution is 2.35. The van der Waals surface area contributed by atoms with Crippen molar-refractivity contribution in [2.75, 3.05) is 32.8 Å². The van der Waals surface area contributed by atoms with E-state index < -0.39 is 6.09 Å². The number of hydrogen-bond donors (Lipinski definition) is 4. The lowest BCUT2D eigenvalue weighted by molar-refractivity contribution is -0.123. The molecular weight excluding hydrogens is 545 g/mol. The van der Waals surface area contributed by atoms with Gasteiger partial charge in [-0.25, -0.2) is 10.6 Å². The number of ether oxygens (including phenoxy) is 2. The topological polar surface area (TPSA) is 149 Å². The fourth-order valence-electron chi connectivity index (χ4n) is 3.27. The summed E-state index contributed by atoms with van der Waals surface area (Å²) in [7, 11) is 0. The van der Waals surface area contributed by atoms with E-state index in [0.717, 1.165) is 19.3 Å². The van der Waals surface area contributed by atoms with Crippen molar-refractivity contribution in [3.8, 4) is 5.75 Å². The molecule has 2 amide bonds. The lowest BCUT2D eigenvalue weighted by Gasteiger charge is -2.16. The van der Waals surface area contributed by atoms with Gasteiger partial charge >= 0.3 is 6.09 Å². The lowest BCUT2D eigenvalue weighted by atomic mass is 10.0. The number of alkyl carbamates (subject to hydrolysis) is 1. The number of nitrogens with zero attached hydrogens (tertiary/aromatic N) is 1. The molecule has 0 aromatic heterocycles. The van der Waals surface area contributed by atoms with Gasteiger partial charge in [-0.05, 0) is 37.0 Å². The van der Waals surface area contributed by atoms with E-state index in [1.165, 1.54) is 36.2 Å². The number of unbranched alkanes of at least 4 members (excludes halogenated alkanes) is 4. The van der Waals surface area contributed by atoms with Crippen LogP contribution in [0.4, 0.5) is 4.79 Å². The fourth-order valence-corrected chi connectivity index (χ4v) is 3.73. The fraction of sp³-hybridized carbons (Fsp3) is 0.519. The first-order chi connectivity index (χ1) is 18.6. The van der Waals surface area contributed by atoms with Gasteiger partial charge < -0.3 is 30.8 Å². The molecule has 1 aromatic rings. The molecular formula is C27H41Cl2N5O5. The third kappa shape index (κ3) is 13.6. The number of amides is 2. The minimum atomic E-state index is -0.522. The van der Waals surface area contributed by atoms with Gasteiger partial charge in [-0.15, -0.1) is 0 Å². The molecule has 0 atom stereocenters. The summed E-state index contributed by atoms with van der Waals surface area (Å²) in [5.41, 5.74) is 6.89. The first kappa shape index (κ1) is 34.1. The largest absolute Gasteiger partial charge is 0.482 e. The number of hydrogen-bond acceptors (Lipinski definition) is 8. The van der Waals surface area contributed by atoms with Gasteiger partial charge in [0, 0.05) is 30.5 Å². The summed E-state index contributed by atoms with van der Waals surface area (Å²) in [6.45, 7) is 8.63. The number of Topliss-reactive ketones (excluding diaryl/α,β-unsaturated/α-hetero) is 1. The van der Waals surface area contributed by atoms with Gasteiger partial charge in [-0.1, -0.05) is 69.3 Å². The van der Waals surface area contributed by atoms with E-state index in [-0.39, 0.29) is 46.2 Å². The normalized spacial score (nSPS) is 11.1. The number of allylic oxidation sites excluding steroid dienone is 1. The van der Waals surface area contributed by atoms with Crippen LogP contribution >= 0.6 is 23.2 Å². The molecule has 0 aliphatic carbocycles. The maximum atomic E-state index is 12.3. The van der Waals surface area contributed by atoms with Gasteiger partial charge in [0.25, 0.3) is 5.91 Å². The quantitative estimate of drug-likeness (QED) is 0.0599. The van der Waals surface area contributed by atoms with Crippen molar-refractivity contribution in [1.82, 2.24) is 15.6 Å². The summed E-state index contributed by atoms with van der Waals surface area (Å²) in [5, 5.41) is 6.76. The summed E-state index contributed by atoms with van der Waals surface area (Å²) < 4.78 is 10.6. The highest BCUT2D eigenvalue weighted by Gasteiger charge is 2.18. The van der Waals surface area contributed by atoms with E-state index in [9.17, 15) is 14.4 Å². The molecule has 6 N–H and O–H groups in total. The van der Waals surface area contributed by atoms with Gasteiger partial charge in [0.2, 0.25) is 0 Å². The van der Waals surface area contributed by atoms with Crippen LogP contribution < -0.4 is 26.9 Å². The second-order valence-corrected chi connectivity index (χ2v) is 9.62. The first-order valence-corrected chi connectivity index (χ1v) is 13.8. The molecule has 0 unspecified atom stereocenters. The average Bonchev–Trinajstić information content (AvgIpc) is 2.91. The molecule has 0 spiro atoms. The van der Waals surface area contributed by atoms with Crippen LogP contribution in [0.15, 0.2) is 36.2 Å². The monoisotopic (exact) mass is 585 g/mol. The van der Waals surface area contributed by atoms with Crippen LogP contribution in [0, 0.1) is 0 Å². The molecule has 10 nitrogen and oxygen atoms in total. The second-order valence-electron chi connectivity index (χ2n) is 8.86. The third-order valence-electron chi connectivity index (χ3n) is 5.56. The summed E-state index contributed by atoms with van der Waals surface area (Å²) in [4.78, 5) is 36.1. The summed E-state index contributed by atoms with van der Waals surface area (Å²) in [6.07, 6.45) is 7.37. The third-order valence-corrected chi connectivity index (χ3v) is 6.43. The van der Waals surface area contributed by atoms with Crippen LogP contribution in [-0.4, -0.2) is 55.6 Å². The molecule has 12 heteroatoms. The SMILES string of the molecule is C=C(CC)C(=O)c1ccc(OCC(=O)NCCCN(N)/C=C(\N)CNC(=O)OCCCCCCC)c(Cl)c1Cl. The second kappa shape index (κ2) is 19.2. The van der Waals surface area contributed by atoms with Crippen molar-refractivity contribution >= 4 is 41.0 Å². The van der Waals surface area contributed by atoms with E-state index in [4.69, 9.17) is 44.3 Å². The Morgan fingerprint density at radius 2 is 1.77 bits per heavy atom. The Hall–Kier alpha value is -2.95. The lowest BCUT2D eigenvalue weighted by Crippen LogP contribution is -2.35. The number of halogens is 2. The number of carbonyl (C=O) groups is 3. The molecule has 0 saturated carbocycles. The van der Waals surface area contributed by atoms with Crippen LogP contribution in [0.3, 0.4) is 0 Å². The Balaban J connectivity index is 2.29. The van der Waals surface area contributed by atoms with Crippen LogP contribution in [0.2, 0.25) is 10.0 Å². The maximum absolute atomic E-state index is 12.3. The Morgan fingerprint density at radius 3 is 2.46 bits per heavy atom. The van der Waals surface area contributed by atoms with Gasteiger partial charge in [-0.3, -0.25) is 9.59 Å². The van der Waals surface area contributed by atoms with Crippen LogP contribution in [-0.2, 0) is 9.53 Å². The van der Waals surface area contributed by atoms with Crippen molar-refractivity contribution in [3.05, 3.63) is 51.8 Å². The van der Waals surface area contributed by atoms with E-state index in [0.29, 0.717) is 43.8 Å². The predicted octanol–water partition coefficient (Wildman–Crippen LogP) is 4.70. The minimum absolute atomic E-state index is 0.0486. The van der Waals surface area contributed by atoms with Crippen LogP contribution in [0.1, 0.15) is 69.2 Å². The zero-order valence-corrected chi connectivity index (χ0v) is 24.3. The number of benzene rings is 1. The number of ketones is 1. The number of hydrazine groups is 1. The molecule has 1 rings (SSSR count). The van der Waals surface area contributed by atoms with Gasteiger partial charge in [0.1, 0.15) is 10.8 Å². The minimum Gasteiger partial charge on any atom is -0.482 e. The van der Waals surface area contributed by atoms with E-state index in [1.54, 1.807) is 0 Å². The van der Waals surface area contributed by atoms with Crippen molar-refractivity contribution in [2.45, 2.75) is 58.8 Å². The zero-order chi connectivity index (χ0) is 29.2. The molecule has 0 heterocycles. The number of carbonyl (C=O) groups excluding carboxylic acids is 3. The van der Waals surface area contributed by atoms with Crippen molar-refractivity contribution in [3.63, 3.8) is 0 Å². The first-order valence-electron chi connectivity index (χ1n) is 13.1. The van der Waals surface area contributed by atoms with Crippen LogP contribution in [0.5, 0.6) is 5.75 Å². The van der Waals surface area contributed by atoms with Gasteiger partial charge in [-0.2, -0.15) is 0 Å². The molecule has 0 fully saturated rings. The Bertz CT molecular complexity index is 1000. The molecule has 39 heavy (non-hydrogen) atoms. The zero-order valence-electron chi connectivity index (χ0n) is 22.8. The van der Waals surface area contributed by atoms with E-state index in [2.05, 4.69) is 24.1 Å². The van der Waals surface area contributed by atoms with Crippen molar-refractivity contribution < 1.29 is 23.9 Å². The Morgan fingerprint density at radius 1 is 1.05 bits per heavy atom. The van der Waals surface area contributed by atoms with Crippen LogP contribution in [0.25, 0.3) is 0 Å². The number of nitrogens with one attached hydrogen (secondary N) is 2. The van der Waals surface area contributed by atoms with Gasteiger partial charge in [0.15, 0.2) is 12.4 Å². The van der Waals surface area contributed by atoms with Gasteiger partial charge in [0.05, 0.1) is 18.2 Å². The standard InChI is InChI=1S/C27H41Cl2N5O5/c1-4-6-7-8-9-15-38-27(37)33-16-20(30)17-34(31)14-10-13-32-23(35)18-39-22-12-11-21(24(28)25(22)29)26(36)19(3)5-2/h11-12,17H,3-10,13-16,18,30-31H2,1-2H3,(H,32,35)(H,33,37)/b20-17-. The van der Waals surface area contributed by atoms with Crippen molar-refractivity contribution in [1.29, 1.82) is 0 Å². The summed E-state index contributed by atoms with van der Waals surface area (Å²) >= 11 is 12.4. The maximum Gasteiger partial charge on any atom is 0.407 e. The van der Waals surface area contributed by atoms with Crippen molar-refractivity contribution in [2.24, 2.45) is 11.6 Å². The molecule has 0 aliphatic rings. The average molecular weight is 587 g/mol. The molecule has 0 bridgehead atoms. The Kier molecular flexibility index (Phi) is 16.7. The molecule has 0 saturated heterocycles. The highest BCUT2D eigenvalue weighted by molar-refractivity contribution is 6.45. The predicted molar refractivity (Wildman–Crippen MR) is 155 cm³/mol. The molecule has 0 radical (unpaired) electrons. The highest BCUT2D eigenvalue weighted by atomic mass is 35.5. The molecule has 218 valence electrons. The van der Waals surface area contributed by atoms with E-state index in [1.807, 2.05) is 6.92 Å². The smallest absolute Gasteiger partial charge is 0.407 e. The summed E-state index contributed by atoms with van der Waals surface area (Å²) in [5.74, 6) is 5.43. The summed E-state index contributed by atoms with van der Waals surface area (Å²) in [6, 6.07) is 2.98. The molecule has 0 aliphatic heterocycles. The Labute approximate surface area is 241 Å². The van der Waals surface area contributed by atoms with E-state index >= 15 is 0 Å². The number of rotatable bonds is 19.